The van der Waals surface area contributed by atoms with Crippen molar-refractivity contribution >= 4 is 10.9 Å². The molecule has 3 aromatic rings. The predicted octanol–water partition coefficient (Wildman–Crippen LogP) is 2.73. The van der Waals surface area contributed by atoms with E-state index in [1.165, 1.54) is 0 Å². The average Bonchev–Trinajstić information content (AvgIpc) is 3.24. The van der Waals surface area contributed by atoms with Crippen molar-refractivity contribution in [3.63, 3.8) is 0 Å². The molecule has 0 radical (unpaired) electrons. The highest BCUT2D eigenvalue weighted by Crippen LogP contribution is 2.30. The number of nitrogens with zero attached hydrogens (tertiary/aromatic N) is 4. The zero-order valence-corrected chi connectivity index (χ0v) is 15.4. The molecule has 2 aromatic heterocycles. The van der Waals surface area contributed by atoms with E-state index >= 15 is 0 Å². The molecule has 3 heterocycles. The minimum atomic E-state index is -0.193. The molecule has 4 rings (SSSR count). The first-order valence-electron chi connectivity index (χ1n) is 8.90. The van der Waals surface area contributed by atoms with Gasteiger partial charge in [-0.05, 0) is 26.1 Å². The number of fused-ring (bicyclic) bond motifs is 1. The Hall–Kier alpha value is -2.22. The molecule has 26 heavy (non-hydrogen) atoms. The van der Waals surface area contributed by atoms with E-state index in [9.17, 15) is 0 Å². The normalized spacial score (nSPS) is 21.5. The maximum atomic E-state index is 6.02. The van der Waals surface area contributed by atoms with E-state index < -0.39 is 0 Å². The van der Waals surface area contributed by atoms with Gasteiger partial charge in [0.1, 0.15) is 11.8 Å². The maximum absolute atomic E-state index is 6.02. The summed E-state index contributed by atoms with van der Waals surface area (Å²) in [5.41, 5.74) is 2.03. The summed E-state index contributed by atoms with van der Waals surface area (Å²) in [6, 6.07) is 10.3. The second kappa shape index (κ2) is 7.19. The Labute approximate surface area is 152 Å². The van der Waals surface area contributed by atoms with Crippen molar-refractivity contribution in [1.82, 2.24) is 19.7 Å². The van der Waals surface area contributed by atoms with E-state index in [1.807, 2.05) is 12.1 Å². The summed E-state index contributed by atoms with van der Waals surface area (Å²) in [6.45, 7) is 5.04. The Balaban J connectivity index is 1.69. The SMILES string of the molecule is COCCn1c(-c2nnc([C@H]3CN(C)C[C@@H](C)O3)o2)cc2ccccc21. The van der Waals surface area contributed by atoms with E-state index in [0.29, 0.717) is 18.4 Å². The van der Waals surface area contributed by atoms with Gasteiger partial charge in [0, 0.05) is 37.6 Å². The van der Waals surface area contributed by atoms with Crippen LogP contribution in [0.25, 0.3) is 22.5 Å². The summed E-state index contributed by atoms with van der Waals surface area (Å²) in [4.78, 5) is 2.22. The lowest BCUT2D eigenvalue weighted by Crippen LogP contribution is -2.40. The van der Waals surface area contributed by atoms with Crippen LogP contribution in [0.5, 0.6) is 0 Å². The Morgan fingerprint density at radius 2 is 2.08 bits per heavy atom. The minimum Gasteiger partial charge on any atom is -0.416 e. The summed E-state index contributed by atoms with van der Waals surface area (Å²) in [5, 5.41) is 9.70. The van der Waals surface area contributed by atoms with Crippen molar-refractivity contribution < 1.29 is 13.9 Å². The number of methoxy groups -OCH3 is 1. The summed E-state index contributed by atoms with van der Waals surface area (Å²) in [7, 11) is 3.78. The van der Waals surface area contributed by atoms with Gasteiger partial charge in [-0.1, -0.05) is 18.2 Å². The van der Waals surface area contributed by atoms with E-state index in [-0.39, 0.29) is 12.2 Å². The number of benzene rings is 1. The standard InChI is InChI=1S/C19H24N4O3/c1-13-11-22(2)12-17(25-13)19-21-20-18(26-19)16-10-14-6-4-5-7-15(14)23(16)8-9-24-3/h4-7,10,13,17H,8-9,11-12H2,1-3H3/t13-,17-/m1/s1. The fourth-order valence-corrected chi connectivity index (χ4v) is 3.58. The van der Waals surface area contributed by atoms with Crippen LogP contribution in [0.4, 0.5) is 0 Å². The number of likely N-dealkylation sites (N-methyl/N-ethyl adjacent to an activating group) is 1. The molecule has 7 nitrogen and oxygen atoms in total. The summed E-state index contributed by atoms with van der Waals surface area (Å²) in [6.07, 6.45) is -0.0518. The van der Waals surface area contributed by atoms with Gasteiger partial charge in [0.05, 0.1) is 12.7 Å². The van der Waals surface area contributed by atoms with Gasteiger partial charge in [0.25, 0.3) is 5.89 Å². The van der Waals surface area contributed by atoms with E-state index in [2.05, 4.69) is 51.8 Å². The monoisotopic (exact) mass is 356 g/mol. The highest BCUT2D eigenvalue weighted by Gasteiger charge is 2.29. The first-order chi connectivity index (χ1) is 12.7. The van der Waals surface area contributed by atoms with Crippen molar-refractivity contribution in [2.75, 3.05) is 33.9 Å². The molecule has 0 bridgehead atoms. The Bertz CT molecular complexity index is 878. The van der Waals surface area contributed by atoms with Crippen LogP contribution in [0.2, 0.25) is 0 Å². The number of hydrogen-bond donors (Lipinski definition) is 0. The molecule has 7 heteroatoms. The lowest BCUT2D eigenvalue weighted by atomic mass is 10.2. The van der Waals surface area contributed by atoms with Crippen LogP contribution in [-0.4, -0.2) is 59.6 Å². The average molecular weight is 356 g/mol. The number of hydrogen-bond acceptors (Lipinski definition) is 6. The molecule has 0 unspecified atom stereocenters. The lowest BCUT2D eigenvalue weighted by molar-refractivity contribution is -0.0821. The lowest BCUT2D eigenvalue weighted by Gasteiger charge is -2.32. The quantitative estimate of drug-likeness (QED) is 0.700. The number of rotatable bonds is 5. The molecular formula is C19H24N4O3. The van der Waals surface area contributed by atoms with Crippen LogP contribution >= 0.6 is 0 Å². The van der Waals surface area contributed by atoms with Crippen LogP contribution in [0.1, 0.15) is 18.9 Å². The van der Waals surface area contributed by atoms with Gasteiger partial charge in [0.2, 0.25) is 5.89 Å². The molecule has 2 atom stereocenters. The van der Waals surface area contributed by atoms with Gasteiger partial charge in [-0.15, -0.1) is 10.2 Å². The summed E-state index contributed by atoms with van der Waals surface area (Å²) in [5.74, 6) is 1.04. The number of aromatic nitrogens is 3. The molecule has 1 fully saturated rings. The van der Waals surface area contributed by atoms with Crippen LogP contribution in [0.3, 0.4) is 0 Å². The summed E-state index contributed by atoms with van der Waals surface area (Å²) < 4.78 is 19.4. The van der Waals surface area contributed by atoms with Crippen LogP contribution in [0, 0.1) is 0 Å². The fourth-order valence-electron chi connectivity index (χ4n) is 3.58. The van der Waals surface area contributed by atoms with Crippen LogP contribution < -0.4 is 0 Å². The van der Waals surface area contributed by atoms with Crippen LogP contribution in [-0.2, 0) is 16.0 Å². The molecule has 1 aliphatic heterocycles. The fraction of sp³-hybridized carbons (Fsp3) is 0.474. The molecule has 0 aliphatic carbocycles. The predicted molar refractivity (Wildman–Crippen MR) is 97.9 cm³/mol. The maximum Gasteiger partial charge on any atom is 0.264 e. The highest BCUT2D eigenvalue weighted by atomic mass is 16.5. The molecular weight excluding hydrogens is 332 g/mol. The molecule has 0 saturated carbocycles. The topological polar surface area (TPSA) is 65.5 Å². The minimum absolute atomic E-state index is 0.141. The molecule has 0 amide bonds. The first-order valence-corrected chi connectivity index (χ1v) is 8.90. The van der Waals surface area contributed by atoms with Gasteiger partial charge in [0.15, 0.2) is 0 Å². The van der Waals surface area contributed by atoms with Crippen molar-refractivity contribution in [2.45, 2.75) is 25.7 Å². The van der Waals surface area contributed by atoms with Gasteiger partial charge in [-0.3, -0.25) is 0 Å². The van der Waals surface area contributed by atoms with Gasteiger partial charge < -0.3 is 23.4 Å². The first kappa shape index (κ1) is 17.2. The Morgan fingerprint density at radius 1 is 1.23 bits per heavy atom. The van der Waals surface area contributed by atoms with Gasteiger partial charge in [-0.2, -0.15) is 0 Å². The summed E-state index contributed by atoms with van der Waals surface area (Å²) >= 11 is 0. The van der Waals surface area contributed by atoms with Crippen molar-refractivity contribution in [2.24, 2.45) is 0 Å². The molecule has 0 spiro atoms. The Morgan fingerprint density at radius 3 is 2.88 bits per heavy atom. The third-order valence-corrected chi connectivity index (χ3v) is 4.71. The number of ether oxygens (including phenoxy) is 2. The molecule has 1 aliphatic rings. The van der Waals surface area contributed by atoms with Gasteiger partial charge in [-0.25, -0.2) is 0 Å². The number of morpholine rings is 1. The molecule has 1 saturated heterocycles. The van der Waals surface area contributed by atoms with Crippen molar-refractivity contribution in [3.8, 4) is 11.6 Å². The zero-order valence-electron chi connectivity index (χ0n) is 15.4. The third kappa shape index (κ3) is 3.25. The molecule has 138 valence electrons. The van der Waals surface area contributed by atoms with E-state index in [1.54, 1.807) is 7.11 Å². The largest absolute Gasteiger partial charge is 0.416 e. The smallest absolute Gasteiger partial charge is 0.264 e. The second-order valence-corrected chi connectivity index (χ2v) is 6.83. The van der Waals surface area contributed by atoms with Crippen molar-refractivity contribution in [3.05, 3.63) is 36.2 Å². The zero-order chi connectivity index (χ0) is 18.1. The number of para-hydroxylation sites is 1. The molecule has 1 aromatic carbocycles. The van der Waals surface area contributed by atoms with Crippen molar-refractivity contribution in [1.29, 1.82) is 0 Å². The molecule has 0 N–H and O–H groups in total. The highest BCUT2D eigenvalue weighted by molar-refractivity contribution is 5.85. The van der Waals surface area contributed by atoms with E-state index in [4.69, 9.17) is 13.9 Å². The van der Waals surface area contributed by atoms with E-state index in [0.717, 1.165) is 36.2 Å². The van der Waals surface area contributed by atoms with Crippen LogP contribution in [0.15, 0.2) is 34.7 Å². The second-order valence-electron chi connectivity index (χ2n) is 6.83. The Kier molecular flexibility index (Phi) is 4.76. The van der Waals surface area contributed by atoms with Gasteiger partial charge >= 0.3 is 0 Å². The third-order valence-electron chi connectivity index (χ3n) is 4.71.